The number of carbonyl (C=O) groups is 1. The van der Waals surface area contributed by atoms with E-state index in [9.17, 15) is 4.79 Å². The van der Waals surface area contributed by atoms with Crippen LogP contribution in [0, 0.1) is 0 Å². The van der Waals surface area contributed by atoms with E-state index in [4.69, 9.17) is 27.9 Å². The van der Waals surface area contributed by atoms with Gasteiger partial charge in [0.25, 0.3) is 0 Å². The van der Waals surface area contributed by atoms with Crippen LogP contribution in [0.1, 0.15) is 22.8 Å². The Bertz CT molecular complexity index is 656. The molecule has 2 rings (SSSR count). The molecule has 0 bridgehead atoms. The largest absolute Gasteiger partial charge is 0.488 e. The van der Waals surface area contributed by atoms with E-state index in [1.807, 2.05) is 12.1 Å². The van der Waals surface area contributed by atoms with Crippen LogP contribution in [0.5, 0.6) is 5.75 Å². The minimum atomic E-state index is -0.0570. The fourth-order valence-electron chi connectivity index (χ4n) is 1.72. The van der Waals surface area contributed by atoms with E-state index in [1.165, 1.54) is 6.92 Å². The lowest BCUT2D eigenvalue weighted by molar-refractivity contribution is 0.101. The van der Waals surface area contributed by atoms with Crippen molar-refractivity contribution in [3.8, 4) is 5.75 Å². The fourth-order valence-corrected chi connectivity index (χ4v) is 2.45. The van der Waals surface area contributed by atoms with Gasteiger partial charge >= 0.3 is 0 Å². The number of hydrogen-bond donors (Lipinski definition) is 0. The number of rotatable bonds is 4. The number of ketones is 1. The van der Waals surface area contributed by atoms with Gasteiger partial charge in [0.05, 0.1) is 15.6 Å². The maximum Gasteiger partial charge on any atom is 0.163 e. The maximum absolute atomic E-state index is 11.6. The van der Waals surface area contributed by atoms with E-state index in [0.717, 1.165) is 10.0 Å². The highest BCUT2D eigenvalue weighted by Gasteiger charge is 2.11. The van der Waals surface area contributed by atoms with Crippen LogP contribution in [0.15, 0.2) is 40.9 Å². The second-order valence-electron chi connectivity index (χ2n) is 4.20. The van der Waals surface area contributed by atoms with Crippen LogP contribution in [-0.2, 0) is 6.61 Å². The Hall–Kier alpha value is -1.03. The standard InChI is InChI=1S/C15H11BrCl2O2/c1-9(19)12-7-11(16)5-6-14(12)20-8-10-3-2-4-13(17)15(10)18/h2-7H,8H2,1H3. The van der Waals surface area contributed by atoms with Gasteiger partial charge in [0.15, 0.2) is 5.78 Å². The number of benzene rings is 2. The predicted molar refractivity (Wildman–Crippen MR) is 84.9 cm³/mol. The molecule has 20 heavy (non-hydrogen) atoms. The Kier molecular flexibility index (Phi) is 5.08. The monoisotopic (exact) mass is 372 g/mol. The Labute approximate surface area is 135 Å². The van der Waals surface area contributed by atoms with Gasteiger partial charge in [-0.3, -0.25) is 4.79 Å². The summed E-state index contributed by atoms with van der Waals surface area (Å²) < 4.78 is 6.52. The van der Waals surface area contributed by atoms with Crippen molar-refractivity contribution in [2.45, 2.75) is 13.5 Å². The number of ether oxygens (including phenoxy) is 1. The second kappa shape index (κ2) is 6.61. The molecule has 2 aromatic carbocycles. The van der Waals surface area contributed by atoms with Crippen LogP contribution in [0.2, 0.25) is 10.0 Å². The van der Waals surface area contributed by atoms with Gasteiger partial charge in [-0.15, -0.1) is 0 Å². The first kappa shape index (κ1) is 15.4. The minimum absolute atomic E-state index is 0.0570. The fraction of sp³-hybridized carbons (Fsp3) is 0.133. The Balaban J connectivity index is 2.23. The zero-order valence-electron chi connectivity index (χ0n) is 10.6. The van der Waals surface area contributed by atoms with Gasteiger partial charge in [0.1, 0.15) is 12.4 Å². The number of halogens is 3. The summed E-state index contributed by atoms with van der Waals surface area (Å²) in [5.74, 6) is 0.468. The van der Waals surface area contributed by atoms with E-state index >= 15 is 0 Å². The molecule has 0 fully saturated rings. The summed E-state index contributed by atoms with van der Waals surface area (Å²) in [6.45, 7) is 1.75. The average molecular weight is 374 g/mol. The van der Waals surface area contributed by atoms with Crippen molar-refractivity contribution in [2.24, 2.45) is 0 Å². The zero-order valence-corrected chi connectivity index (χ0v) is 13.7. The lowest BCUT2D eigenvalue weighted by atomic mass is 10.1. The minimum Gasteiger partial charge on any atom is -0.488 e. The van der Waals surface area contributed by atoms with Crippen LogP contribution >= 0.6 is 39.1 Å². The highest BCUT2D eigenvalue weighted by Crippen LogP contribution is 2.28. The third kappa shape index (κ3) is 3.54. The van der Waals surface area contributed by atoms with Gasteiger partial charge in [-0.25, -0.2) is 0 Å². The van der Waals surface area contributed by atoms with Crippen molar-refractivity contribution < 1.29 is 9.53 Å². The summed E-state index contributed by atoms with van der Waals surface area (Å²) in [6.07, 6.45) is 0. The second-order valence-corrected chi connectivity index (χ2v) is 5.90. The molecule has 0 saturated heterocycles. The van der Waals surface area contributed by atoms with Crippen LogP contribution in [0.3, 0.4) is 0 Å². The van der Waals surface area contributed by atoms with Crippen molar-refractivity contribution in [1.29, 1.82) is 0 Å². The maximum atomic E-state index is 11.6. The first-order valence-electron chi connectivity index (χ1n) is 5.85. The van der Waals surface area contributed by atoms with Gasteiger partial charge in [-0.2, -0.15) is 0 Å². The molecule has 0 aromatic heterocycles. The van der Waals surface area contributed by atoms with E-state index in [-0.39, 0.29) is 12.4 Å². The normalized spacial score (nSPS) is 10.4. The van der Waals surface area contributed by atoms with E-state index in [0.29, 0.717) is 21.4 Å². The molecule has 5 heteroatoms. The van der Waals surface area contributed by atoms with Crippen LogP contribution in [0.25, 0.3) is 0 Å². The molecule has 0 amide bonds. The van der Waals surface area contributed by atoms with Crippen molar-refractivity contribution in [3.05, 3.63) is 62.0 Å². The van der Waals surface area contributed by atoms with E-state index in [1.54, 1.807) is 24.3 Å². The van der Waals surface area contributed by atoms with Gasteiger partial charge in [-0.1, -0.05) is 51.3 Å². The van der Waals surface area contributed by atoms with Crippen molar-refractivity contribution in [3.63, 3.8) is 0 Å². The number of carbonyl (C=O) groups excluding carboxylic acids is 1. The first-order chi connectivity index (χ1) is 9.49. The molecule has 0 atom stereocenters. The predicted octanol–water partition coefficient (Wildman–Crippen LogP) is 5.54. The summed E-state index contributed by atoms with van der Waals surface area (Å²) in [5.41, 5.74) is 1.30. The van der Waals surface area contributed by atoms with Gasteiger partial charge in [0, 0.05) is 10.0 Å². The summed E-state index contributed by atoms with van der Waals surface area (Å²) in [5, 5.41) is 0.950. The molecular formula is C15H11BrCl2O2. The van der Waals surface area contributed by atoms with Crippen LogP contribution < -0.4 is 4.74 Å². The lowest BCUT2D eigenvalue weighted by Crippen LogP contribution is -2.02. The molecule has 0 spiro atoms. The Morgan fingerprint density at radius 2 is 2.00 bits per heavy atom. The van der Waals surface area contributed by atoms with Crippen LogP contribution in [0.4, 0.5) is 0 Å². The quantitative estimate of drug-likeness (QED) is 0.658. The summed E-state index contributed by atoms with van der Waals surface area (Å²) in [6, 6.07) is 10.7. The van der Waals surface area contributed by atoms with Crippen molar-refractivity contribution in [1.82, 2.24) is 0 Å². The molecule has 104 valence electrons. The molecule has 2 nitrogen and oxygen atoms in total. The Morgan fingerprint density at radius 3 is 2.70 bits per heavy atom. The molecule has 0 heterocycles. The Morgan fingerprint density at radius 1 is 1.25 bits per heavy atom. The van der Waals surface area contributed by atoms with Crippen molar-refractivity contribution >= 4 is 44.9 Å². The number of hydrogen-bond acceptors (Lipinski definition) is 2. The van der Waals surface area contributed by atoms with Crippen molar-refractivity contribution in [2.75, 3.05) is 0 Å². The third-order valence-electron chi connectivity index (χ3n) is 2.74. The first-order valence-corrected chi connectivity index (χ1v) is 7.40. The van der Waals surface area contributed by atoms with E-state index < -0.39 is 0 Å². The van der Waals surface area contributed by atoms with E-state index in [2.05, 4.69) is 15.9 Å². The molecule has 0 N–H and O–H groups in total. The molecule has 0 aliphatic rings. The van der Waals surface area contributed by atoms with Gasteiger partial charge in [-0.05, 0) is 31.2 Å². The van der Waals surface area contributed by atoms with Crippen LogP contribution in [-0.4, -0.2) is 5.78 Å². The molecule has 2 aromatic rings. The molecule has 0 aliphatic carbocycles. The summed E-state index contributed by atoms with van der Waals surface area (Å²) in [7, 11) is 0. The third-order valence-corrected chi connectivity index (χ3v) is 4.09. The topological polar surface area (TPSA) is 26.3 Å². The molecule has 0 radical (unpaired) electrons. The lowest BCUT2D eigenvalue weighted by Gasteiger charge is -2.11. The zero-order chi connectivity index (χ0) is 14.7. The molecule has 0 saturated carbocycles. The molecule has 0 unspecified atom stereocenters. The molecule has 0 aliphatic heterocycles. The number of Topliss-reactive ketones (excluding diaryl/α,β-unsaturated/α-hetero) is 1. The average Bonchev–Trinajstić information content (AvgIpc) is 2.41. The van der Waals surface area contributed by atoms with Gasteiger partial charge in [0.2, 0.25) is 0 Å². The van der Waals surface area contributed by atoms with Gasteiger partial charge < -0.3 is 4.74 Å². The summed E-state index contributed by atoms with van der Waals surface area (Å²) in [4.78, 5) is 11.6. The summed E-state index contributed by atoms with van der Waals surface area (Å²) >= 11 is 15.4. The highest BCUT2D eigenvalue weighted by molar-refractivity contribution is 9.10. The molecular weight excluding hydrogens is 363 g/mol. The highest BCUT2D eigenvalue weighted by atomic mass is 79.9. The smallest absolute Gasteiger partial charge is 0.163 e. The SMILES string of the molecule is CC(=O)c1cc(Br)ccc1OCc1cccc(Cl)c1Cl.